The molecule has 5 heterocycles. The van der Waals surface area contributed by atoms with Crippen molar-refractivity contribution in [3.63, 3.8) is 0 Å². The van der Waals surface area contributed by atoms with Gasteiger partial charge in [0.05, 0.1) is 0 Å². The van der Waals surface area contributed by atoms with Crippen molar-refractivity contribution in [3.05, 3.63) is 234 Å². The zero-order valence-electron chi connectivity index (χ0n) is 48.3. The molecule has 8 aromatic carbocycles. The van der Waals surface area contributed by atoms with E-state index >= 15 is 0 Å². The molecule has 8 heteroatoms. The summed E-state index contributed by atoms with van der Waals surface area (Å²) in [5.74, 6) is 1.50. The molecule has 0 amide bonds. The summed E-state index contributed by atoms with van der Waals surface area (Å²) in [5, 5.41) is 3.68. The standard InChI is InChI=1S/C63H44N6O.Pt/c1-63(2,3)44-31-34-65-61(35-44)69-57-32-33-64-40-54(57)51-30-29-48(39-60(51)69)70-47-22-16-21-45(36-47)66-41-67(59-28-15-14-27-58(59)66)62-52(42-17-6-4-7-18-42)37-46(38-53(62)43-19-8-5-9-20-43)68-55-25-12-10-23-49(55)50-24-11-13-26-56(50)68;/h4-35,37-38,40H,1-3H3;/q-2;/i4D,5D,6D,7D,8D,9D,17D,18D,19D,20D;. The van der Waals surface area contributed by atoms with Crippen molar-refractivity contribution < 1.29 is 37.8 Å². The van der Waals surface area contributed by atoms with E-state index in [4.69, 9.17) is 17.9 Å². The number of fused-ring (bicyclic) bond motifs is 7. The molecule has 0 fully saturated rings. The molecule has 0 saturated heterocycles. The van der Waals surface area contributed by atoms with E-state index < -0.39 is 60.4 Å². The number of nitrogens with zero attached hydrogens (tertiary/aromatic N) is 6. The molecule has 71 heavy (non-hydrogen) atoms. The van der Waals surface area contributed by atoms with Gasteiger partial charge in [-0.15, -0.1) is 0 Å². The molecule has 0 N–H and O–H groups in total. The molecule has 0 aliphatic rings. The number of rotatable bonds is 8. The average molecular weight is 1110 g/mol. The maximum atomic E-state index is 9.54. The van der Waals surface area contributed by atoms with Crippen molar-refractivity contribution in [1.29, 1.82) is 0 Å². The first-order valence-electron chi connectivity index (χ1n) is 27.9. The normalized spacial score (nSPS) is 13.9. The van der Waals surface area contributed by atoms with Crippen LogP contribution in [0.3, 0.4) is 0 Å². The Kier molecular flexibility index (Phi) is 7.92. The number of ether oxygens (including phenoxy) is 1. The van der Waals surface area contributed by atoms with Crippen molar-refractivity contribution in [2.75, 3.05) is 0 Å². The topological polar surface area (TPSA) is 54.7 Å². The molecule has 0 aliphatic carbocycles. The van der Waals surface area contributed by atoms with Crippen LogP contribution in [0.4, 0.5) is 0 Å². The van der Waals surface area contributed by atoms with Crippen LogP contribution < -0.4 is 4.74 Å². The summed E-state index contributed by atoms with van der Waals surface area (Å²) < 4.78 is 106. The van der Waals surface area contributed by atoms with Crippen LogP contribution >= 0.6 is 0 Å². The van der Waals surface area contributed by atoms with Gasteiger partial charge >= 0.3 is 382 Å². The van der Waals surface area contributed by atoms with Gasteiger partial charge in [-0.2, -0.15) is 0 Å². The molecular weight excluding hydrogens is 1050 g/mol. The molecule has 13 rings (SSSR count). The van der Waals surface area contributed by atoms with Gasteiger partial charge in [0.2, 0.25) is 0 Å². The number of aromatic nitrogens is 6. The fourth-order valence-corrected chi connectivity index (χ4v) is 10.8. The van der Waals surface area contributed by atoms with Gasteiger partial charge in [0.25, 0.3) is 0 Å². The van der Waals surface area contributed by atoms with E-state index in [-0.39, 0.29) is 33.4 Å². The summed E-state index contributed by atoms with van der Waals surface area (Å²) in [6.45, 7) is 6.49. The Bertz CT molecular complexity index is 4700. The van der Waals surface area contributed by atoms with Crippen molar-refractivity contribution >= 4 is 54.6 Å². The minimum atomic E-state index is -0.587. The number of para-hydroxylation sites is 4. The van der Waals surface area contributed by atoms with Crippen LogP contribution in [0.1, 0.15) is 40.0 Å². The molecule has 0 radical (unpaired) electrons. The molecule has 0 atom stereocenters. The van der Waals surface area contributed by atoms with E-state index in [0.717, 1.165) is 55.0 Å². The number of benzene rings is 8. The van der Waals surface area contributed by atoms with Crippen LogP contribution in [0.5, 0.6) is 11.5 Å². The van der Waals surface area contributed by atoms with E-state index in [1.54, 1.807) is 24.4 Å². The first-order valence-corrected chi connectivity index (χ1v) is 24.0. The Morgan fingerprint density at radius 2 is 1.14 bits per heavy atom. The Balaban J connectivity index is 1.07. The van der Waals surface area contributed by atoms with Gasteiger partial charge in [0, 0.05) is 12.4 Å². The Labute approximate surface area is 435 Å². The van der Waals surface area contributed by atoms with E-state index in [0.29, 0.717) is 37.7 Å². The number of hydrogen-bond donors (Lipinski definition) is 0. The minimum absolute atomic E-state index is 0.128. The zero-order valence-corrected chi connectivity index (χ0v) is 40.6. The quantitative estimate of drug-likeness (QED) is 0.143. The van der Waals surface area contributed by atoms with Gasteiger partial charge in [-0.05, 0) is 17.0 Å². The summed E-state index contributed by atoms with van der Waals surface area (Å²) in [4.78, 5) is 9.27. The van der Waals surface area contributed by atoms with Crippen LogP contribution in [0.15, 0.2) is 212 Å². The van der Waals surface area contributed by atoms with Gasteiger partial charge in [0.1, 0.15) is 0 Å². The van der Waals surface area contributed by atoms with Crippen molar-refractivity contribution in [2.24, 2.45) is 0 Å². The van der Waals surface area contributed by atoms with Gasteiger partial charge in [-0.25, -0.2) is 0 Å². The van der Waals surface area contributed by atoms with Crippen LogP contribution in [-0.4, -0.2) is 28.2 Å². The Hall–Kier alpha value is -8.38. The Morgan fingerprint density at radius 1 is 0.535 bits per heavy atom. The summed E-state index contributed by atoms with van der Waals surface area (Å²) in [6.07, 6.45) is 5.41. The monoisotopic (exact) mass is 1110 g/mol. The van der Waals surface area contributed by atoms with Crippen molar-refractivity contribution in [2.45, 2.75) is 26.2 Å². The first-order chi connectivity index (χ1) is 38.9. The van der Waals surface area contributed by atoms with E-state index in [1.165, 1.54) is 0 Å². The van der Waals surface area contributed by atoms with Gasteiger partial charge in [-0.1, -0.05) is 20.8 Å². The molecule has 0 aliphatic heterocycles. The van der Waals surface area contributed by atoms with E-state index in [2.05, 4.69) is 67.9 Å². The number of imidazole rings is 1. The summed E-state index contributed by atoms with van der Waals surface area (Å²) in [5.41, 5.74) is 6.56. The third-order valence-electron chi connectivity index (χ3n) is 12.9. The van der Waals surface area contributed by atoms with Crippen molar-refractivity contribution in [1.82, 2.24) is 28.2 Å². The third-order valence-corrected chi connectivity index (χ3v) is 13.9. The van der Waals surface area contributed by atoms with Crippen LogP contribution in [0, 0.1) is 15.9 Å². The second-order valence-corrected chi connectivity index (χ2v) is 19.1. The van der Waals surface area contributed by atoms with Crippen molar-refractivity contribution in [3.8, 4) is 56.6 Å². The second kappa shape index (κ2) is 16.9. The molecular formula is C63H44N6OPt-2. The number of pyridine rings is 2. The maximum absolute atomic E-state index is 9.54. The summed E-state index contributed by atoms with van der Waals surface area (Å²) in [6, 6.07) is 43.7. The molecule has 344 valence electrons. The second-order valence-electron chi connectivity index (χ2n) is 18.1. The van der Waals surface area contributed by atoms with E-state index in [1.807, 2.05) is 135 Å². The van der Waals surface area contributed by atoms with E-state index in [9.17, 15) is 5.48 Å². The molecule has 0 saturated carbocycles. The summed E-state index contributed by atoms with van der Waals surface area (Å²) >= 11 is 2.17. The summed E-state index contributed by atoms with van der Waals surface area (Å²) in [7, 11) is 0. The molecule has 0 bridgehead atoms. The van der Waals surface area contributed by atoms with Crippen LogP contribution in [0.25, 0.3) is 99.8 Å². The third kappa shape index (κ3) is 7.18. The van der Waals surface area contributed by atoms with Crippen LogP contribution in [-0.2, 0) is 24.8 Å². The zero-order chi connectivity index (χ0) is 56.5. The molecule has 0 spiro atoms. The fourth-order valence-electron chi connectivity index (χ4n) is 9.71. The Morgan fingerprint density at radius 3 is 1.80 bits per heavy atom. The van der Waals surface area contributed by atoms with Gasteiger partial charge in [-0.3, -0.25) is 4.98 Å². The molecule has 13 aromatic rings. The van der Waals surface area contributed by atoms with Gasteiger partial charge in [0.15, 0.2) is 0 Å². The van der Waals surface area contributed by atoms with Gasteiger partial charge < -0.3 is 0 Å². The van der Waals surface area contributed by atoms with Crippen LogP contribution in [0.2, 0.25) is 0 Å². The predicted octanol–water partition coefficient (Wildman–Crippen LogP) is 15.5. The fraction of sp³-hybridized carbons (Fsp3) is 0.0635. The molecule has 5 aromatic heterocycles. The average Bonchev–Trinajstić information content (AvgIpc) is 3.57. The molecule has 0 unspecified atom stereocenters. The SMILES string of the molecule is [2H]c1c([2H])c([2H])c(-c2cc(-n3c4ccccc4c4ccccc43)cc(-c3c([2H])c([2H])c([2H])c([2H])c3[2H])c2-n2[c](=[Pt])n(-c3[c-]c(Oc4[c-]c5c(cc4)c4cnccc4n5-c4cc(C(C)(C)C)ccn4)ccc3)c3ccccc32)c([2H])c1[2H]. The number of hydrogen-bond acceptors (Lipinski definition) is 3. The predicted molar refractivity (Wildman–Crippen MR) is 284 cm³/mol. The molecule has 7 nitrogen and oxygen atoms in total. The first kappa shape index (κ1) is 33.2.